The maximum absolute atomic E-state index is 9.70. The van der Waals surface area contributed by atoms with Crippen molar-refractivity contribution >= 4 is 38.8 Å². The van der Waals surface area contributed by atoms with Crippen molar-refractivity contribution in [2.24, 2.45) is 0 Å². The number of rotatable bonds is 3. The van der Waals surface area contributed by atoms with Gasteiger partial charge in [0.2, 0.25) is 0 Å². The van der Waals surface area contributed by atoms with Gasteiger partial charge >= 0.3 is 0 Å². The Labute approximate surface area is 197 Å². The molecule has 0 atom stereocenters. The summed E-state index contributed by atoms with van der Waals surface area (Å²) in [4.78, 5) is 0. The van der Waals surface area contributed by atoms with E-state index in [1.54, 1.807) is 0 Å². The second-order valence-electron chi connectivity index (χ2n) is 9.04. The lowest BCUT2D eigenvalue weighted by Crippen LogP contribution is -2.04. The summed E-state index contributed by atoms with van der Waals surface area (Å²) in [7, 11) is 0. The van der Waals surface area contributed by atoms with Crippen LogP contribution < -0.4 is 0 Å². The van der Waals surface area contributed by atoms with Gasteiger partial charge in [-0.15, -0.1) is 0 Å². The Morgan fingerprint density at radius 1 is 0.647 bits per heavy atom. The first kappa shape index (κ1) is 19.4. The molecule has 0 spiro atoms. The van der Waals surface area contributed by atoms with Crippen molar-refractivity contribution in [1.82, 2.24) is 9.13 Å². The number of nitrogens with zero attached hydrogens (tertiary/aromatic N) is 2. The van der Waals surface area contributed by atoms with Crippen molar-refractivity contribution in [3.05, 3.63) is 114 Å². The predicted octanol–water partition coefficient (Wildman–Crippen LogP) is 7.18. The summed E-state index contributed by atoms with van der Waals surface area (Å²) in [6.45, 7) is 0.0468. The summed E-state index contributed by atoms with van der Waals surface area (Å²) >= 11 is 0. The number of fused-ring (bicyclic) bond motifs is 6. The number of allylic oxidation sites excluding steroid dienone is 1. The highest BCUT2D eigenvalue weighted by molar-refractivity contribution is 6.09. The van der Waals surface area contributed by atoms with E-state index in [9.17, 15) is 5.11 Å². The molecule has 1 aliphatic carbocycles. The number of aliphatic hydroxyl groups is 1. The Morgan fingerprint density at radius 2 is 1.35 bits per heavy atom. The third-order valence-corrected chi connectivity index (χ3v) is 7.11. The molecule has 0 saturated heterocycles. The van der Waals surface area contributed by atoms with Crippen LogP contribution in [-0.4, -0.2) is 14.2 Å². The molecular formula is C31H24N2O. The molecule has 0 saturated carbocycles. The van der Waals surface area contributed by atoms with E-state index in [2.05, 4.69) is 106 Å². The van der Waals surface area contributed by atoms with E-state index in [1.807, 2.05) is 6.07 Å². The third kappa shape index (κ3) is 2.74. The molecule has 7 rings (SSSR count). The van der Waals surface area contributed by atoms with Gasteiger partial charge in [-0.3, -0.25) is 0 Å². The van der Waals surface area contributed by atoms with Crippen LogP contribution in [0.25, 0.3) is 50.2 Å². The molecule has 2 heterocycles. The van der Waals surface area contributed by atoms with Gasteiger partial charge in [-0.25, -0.2) is 0 Å². The van der Waals surface area contributed by atoms with Gasteiger partial charge in [0.25, 0.3) is 0 Å². The zero-order chi connectivity index (χ0) is 22.6. The van der Waals surface area contributed by atoms with E-state index in [1.165, 1.54) is 44.1 Å². The van der Waals surface area contributed by atoms with Crippen LogP contribution in [0.4, 0.5) is 0 Å². The SMILES string of the molecule is OCc1ccc2c(c1)c1ccccc1n2-c1cccc(-n2c3c(c4ccccc42)C=CCC3)c1. The first-order valence-electron chi connectivity index (χ1n) is 11.9. The second kappa shape index (κ2) is 7.47. The predicted molar refractivity (Wildman–Crippen MR) is 141 cm³/mol. The average Bonchev–Trinajstić information content (AvgIpc) is 3.41. The Morgan fingerprint density at radius 3 is 2.18 bits per heavy atom. The molecule has 0 radical (unpaired) electrons. The van der Waals surface area contributed by atoms with Crippen molar-refractivity contribution in [2.75, 3.05) is 0 Å². The molecule has 0 bridgehead atoms. The number of hydrogen-bond donors (Lipinski definition) is 1. The lowest BCUT2D eigenvalue weighted by atomic mass is 10.0. The summed E-state index contributed by atoms with van der Waals surface area (Å²) < 4.78 is 4.78. The first-order chi connectivity index (χ1) is 16.8. The van der Waals surface area contributed by atoms with E-state index >= 15 is 0 Å². The van der Waals surface area contributed by atoms with Crippen molar-refractivity contribution in [3.8, 4) is 11.4 Å². The fourth-order valence-corrected chi connectivity index (χ4v) is 5.63. The average molecular weight is 441 g/mol. The number of para-hydroxylation sites is 2. The highest BCUT2D eigenvalue weighted by Crippen LogP contribution is 2.36. The lowest BCUT2D eigenvalue weighted by molar-refractivity contribution is 0.282. The van der Waals surface area contributed by atoms with E-state index in [4.69, 9.17) is 0 Å². The Hall–Kier alpha value is -4.08. The quantitative estimate of drug-likeness (QED) is 0.310. The number of benzene rings is 4. The molecule has 164 valence electrons. The topological polar surface area (TPSA) is 30.1 Å². The van der Waals surface area contributed by atoms with Crippen LogP contribution in [0, 0.1) is 0 Å². The van der Waals surface area contributed by atoms with Crippen LogP contribution in [0.2, 0.25) is 0 Å². The molecule has 3 nitrogen and oxygen atoms in total. The van der Waals surface area contributed by atoms with Gasteiger partial charge < -0.3 is 14.2 Å². The highest BCUT2D eigenvalue weighted by atomic mass is 16.3. The zero-order valence-corrected chi connectivity index (χ0v) is 18.8. The molecule has 1 aliphatic rings. The zero-order valence-electron chi connectivity index (χ0n) is 18.8. The van der Waals surface area contributed by atoms with Crippen LogP contribution in [0.3, 0.4) is 0 Å². The summed E-state index contributed by atoms with van der Waals surface area (Å²) in [6, 6.07) is 32.4. The Bertz CT molecular complexity index is 1750. The maximum atomic E-state index is 9.70. The van der Waals surface area contributed by atoms with Crippen molar-refractivity contribution < 1.29 is 5.11 Å². The summed E-state index contributed by atoms with van der Waals surface area (Å²) in [5, 5.41) is 13.4. The molecule has 34 heavy (non-hydrogen) atoms. The normalized spacial score (nSPS) is 13.2. The Kier molecular flexibility index (Phi) is 4.26. The molecule has 1 N–H and O–H groups in total. The van der Waals surface area contributed by atoms with Crippen LogP contribution in [0.1, 0.15) is 23.2 Å². The van der Waals surface area contributed by atoms with Gasteiger partial charge in [0.15, 0.2) is 0 Å². The monoisotopic (exact) mass is 440 g/mol. The first-order valence-corrected chi connectivity index (χ1v) is 11.9. The minimum atomic E-state index is 0.0468. The molecule has 0 aliphatic heterocycles. The fraction of sp³-hybridized carbons (Fsp3) is 0.0968. The van der Waals surface area contributed by atoms with E-state index in [0.717, 1.165) is 29.6 Å². The molecule has 0 unspecified atom stereocenters. The second-order valence-corrected chi connectivity index (χ2v) is 9.04. The van der Waals surface area contributed by atoms with Gasteiger partial charge in [-0.1, -0.05) is 60.7 Å². The number of aliphatic hydroxyl groups excluding tert-OH is 1. The minimum Gasteiger partial charge on any atom is -0.392 e. The van der Waals surface area contributed by atoms with Crippen LogP contribution in [-0.2, 0) is 13.0 Å². The summed E-state index contributed by atoms with van der Waals surface area (Å²) in [5.41, 5.74) is 9.57. The minimum absolute atomic E-state index is 0.0468. The molecule has 4 aromatic carbocycles. The molecule has 2 aromatic heterocycles. The Balaban J connectivity index is 1.51. The van der Waals surface area contributed by atoms with E-state index in [-0.39, 0.29) is 6.61 Å². The van der Waals surface area contributed by atoms with Gasteiger partial charge in [-0.2, -0.15) is 0 Å². The van der Waals surface area contributed by atoms with Gasteiger partial charge in [0.1, 0.15) is 0 Å². The third-order valence-electron chi connectivity index (χ3n) is 7.11. The van der Waals surface area contributed by atoms with E-state index in [0.29, 0.717) is 0 Å². The van der Waals surface area contributed by atoms with E-state index < -0.39 is 0 Å². The fourth-order valence-electron chi connectivity index (χ4n) is 5.63. The molecule has 0 fully saturated rings. The number of hydrogen-bond acceptors (Lipinski definition) is 1. The number of aromatic nitrogens is 2. The molecule has 3 heteroatoms. The smallest absolute Gasteiger partial charge is 0.0682 e. The van der Waals surface area contributed by atoms with Crippen molar-refractivity contribution in [2.45, 2.75) is 19.4 Å². The lowest BCUT2D eigenvalue weighted by Gasteiger charge is -2.15. The highest BCUT2D eigenvalue weighted by Gasteiger charge is 2.19. The van der Waals surface area contributed by atoms with Crippen LogP contribution >= 0.6 is 0 Å². The maximum Gasteiger partial charge on any atom is 0.0682 e. The van der Waals surface area contributed by atoms with Gasteiger partial charge in [0.05, 0.1) is 23.2 Å². The van der Waals surface area contributed by atoms with Gasteiger partial charge in [0, 0.05) is 38.8 Å². The summed E-state index contributed by atoms with van der Waals surface area (Å²) in [5.74, 6) is 0. The molecule has 6 aromatic rings. The standard InChI is InChI=1S/C31H24N2O/c34-20-21-16-17-31-27(18-21)26-12-3-6-15-30(26)33(31)23-9-7-8-22(19-23)32-28-13-4-1-10-24(28)25-11-2-5-14-29(25)32/h1-4,6-13,15-19,34H,5,14,20H2. The van der Waals surface area contributed by atoms with Gasteiger partial charge in [-0.05, 0) is 60.9 Å². The largest absolute Gasteiger partial charge is 0.392 e. The van der Waals surface area contributed by atoms with Crippen LogP contribution in [0.15, 0.2) is 97.1 Å². The summed E-state index contributed by atoms with van der Waals surface area (Å²) in [6.07, 6.45) is 6.69. The van der Waals surface area contributed by atoms with Crippen molar-refractivity contribution in [3.63, 3.8) is 0 Å². The van der Waals surface area contributed by atoms with Crippen LogP contribution in [0.5, 0.6) is 0 Å². The molecule has 0 amide bonds. The van der Waals surface area contributed by atoms with Crippen molar-refractivity contribution in [1.29, 1.82) is 0 Å². The molecular weight excluding hydrogens is 416 g/mol.